The monoisotopic (exact) mass is 122 g/mol. The Balaban J connectivity index is 2.95. The summed E-state index contributed by atoms with van der Waals surface area (Å²) in [5.74, 6) is -0.700. The molecule has 1 radical (unpaired) electrons. The first-order valence-electron chi connectivity index (χ1n) is 2.40. The Kier molecular flexibility index (Phi) is 1.18. The van der Waals surface area contributed by atoms with E-state index in [1.165, 1.54) is 0 Å². The molecular formula is C6H4NO2. The van der Waals surface area contributed by atoms with Crippen molar-refractivity contribution in [3.05, 3.63) is 23.9 Å². The van der Waals surface area contributed by atoms with E-state index >= 15 is 0 Å². The van der Waals surface area contributed by atoms with Gasteiger partial charge in [-0.1, -0.05) is 0 Å². The second-order valence-electron chi connectivity index (χ2n) is 1.66. The Labute approximate surface area is 51.8 Å². The molecule has 0 unspecified atom stereocenters. The molecule has 1 N–H and O–H groups in total. The molecule has 0 aliphatic heterocycles. The smallest absolute Gasteiger partial charge is 0.203 e. The number of carbonyl (C=O) groups is 2. The summed E-state index contributed by atoms with van der Waals surface area (Å²) >= 11 is 0. The van der Waals surface area contributed by atoms with Gasteiger partial charge in [0.1, 0.15) is 5.70 Å². The van der Waals surface area contributed by atoms with Crippen LogP contribution in [-0.2, 0) is 9.59 Å². The molecule has 9 heavy (non-hydrogen) atoms. The third-order valence-electron chi connectivity index (χ3n) is 0.951. The van der Waals surface area contributed by atoms with Crippen molar-refractivity contribution in [2.24, 2.45) is 0 Å². The van der Waals surface area contributed by atoms with Crippen molar-refractivity contribution in [1.29, 1.82) is 0 Å². The average molecular weight is 122 g/mol. The lowest BCUT2D eigenvalue weighted by molar-refractivity contribution is -0.114. The highest BCUT2D eigenvalue weighted by Crippen LogP contribution is 1.98. The topological polar surface area (TPSA) is 57.9 Å². The third-order valence-corrected chi connectivity index (χ3v) is 0.951. The fourth-order valence-corrected chi connectivity index (χ4v) is 0.509. The molecule has 0 aromatic heterocycles. The van der Waals surface area contributed by atoms with E-state index in [9.17, 15) is 9.59 Å². The van der Waals surface area contributed by atoms with Crippen molar-refractivity contribution in [2.75, 3.05) is 0 Å². The summed E-state index contributed by atoms with van der Waals surface area (Å²) in [5, 5.41) is 0. The molecule has 0 aromatic carbocycles. The van der Waals surface area contributed by atoms with Crippen LogP contribution in [0.15, 0.2) is 23.9 Å². The van der Waals surface area contributed by atoms with Crippen molar-refractivity contribution >= 4 is 11.6 Å². The number of carbonyl (C=O) groups excluding carboxylic acids is 2. The van der Waals surface area contributed by atoms with Crippen LogP contribution in [0.25, 0.3) is 0 Å². The molecule has 45 valence electrons. The highest BCUT2D eigenvalue weighted by atomic mass is 16.1. The van der Waals surface area contributed by atoms with Crippen LogP contribution in [0.4, 0.5) is 0 Å². The van der Waals surface area contributed by atoms with E-state index in [1.54, 1.807) is 0 Å². The van der Waals surface area contributed by atoms with Crippen LogP contribution in [0.2, 0.25) is 0 Å². The lowest BCUT2D eigenvalue weighted by Gasteiger charge is -1.95. The van der Waals surface area contributed by atoms with Crippen molar-refractivity contribution in [1.82, 2.24) is 5.73 Å². The predicted molar refractivity (Wildman–Crippen MR) is 30.3 cm³/mol. The first-order chi connectivity index (χ1) is 4.20. The number of allylic oxidation sites excluding steroid dienone is 3. The van der Waals surface area contributed by atoms with E-state index in [-0.39, 0.29) is 11.5 Å². The van der Waals surface area contributed by atoms with E-state index in [1.807, 2.05) is 0 Å². The Morgan fingerprint density at radius 1 is 1.22 bits per heavy atom. The normalized spacial score (nSPS) is 18.0. The summed E-state index contributed by atoms with van der Waals surface area (Å²) in [7, 11) is 0. The molecule has 0 bridgehead atoms. The molecule has 0 fully saturated rings. The Morgan fingerprint density at radius 3 is 2.33 bits per heavy atom. The molecule has 1 aliphatic carbocycles. The van der Waals surface area contributed by atoms with Gasteiger partial charge in [-0.05, 0) is 12.2 Å². The molecule has 1 rings (SSSR count). The van der Waals surface area contributed by atoms with Gasteiger partial charge in [0.2, 0.25) is 5.78 Å². The third kappa shape index (κ3) is 1.05. The Morgan fingerprint density at radius 2 is 1.89 bits per heavy atom. The van der Waals surface area contributed by atoms with Gasteiger partial charge in [0.15, 0.2) is 5.78 Å². The molecule has 0 atom stereocenters. The number of ketones is 2. The van der Waals surface area contributed by atoms with Crippen LogP contribution < -0.4 is 5.73 Å². The lowest BCUT2D eigenvalue weighted by atomic mass is 10.1. The number of nitrogens with one attached hydrogen (secondary N) is 1. The maximum atomic E-state index is 10.4. The molecule has 3 nitrogen and oxygen atoms in total. The van der Waals surface area contributed by atoms with Crippen molar-refractivity contribution < 1.29 is 9.59 Å². The minimum atomic E-state index is -0.408. The zero-order valence-electron chi connectivity index (χ0n) is 4.55. The largest absolute Gasteiger partial charge is 0.297 e. The van der Waals surface area contributed by atoms with Gasteiger partial charge in [-0.15, -0.1) is 0 Å². The molecule has 0 heterocycles. The van der Waals surface area contributed by atoms with Crippen LogP contribution in [0.1, 0.15) is 0 Å². The maximum absolute atomic E-state index is 10.4. The van der Waals surface area contributed by atoms with Crippen molar-refractivity contribution in [3.63, 3.8) is 0 Å². The zero-order valence-corrected chi connectivity index (χ0v) is 4.55. The van der Waals surface area contributed by atoms with Gasteiger partial charge in [0.05, 0.1) is 0 Å². The maximum Gasteiger partial charge on any atom is 0.203 e. The first kappa shape index (κ1) is 5.75. The van der Waals surface area contributed by atoms with Crippen LogP contribution in [0.3, 0.4) is 0 Å². The summed E-state index contributed by atoms with van der Waals surface area (Å²) < 4.78 is 0. The molecule has 0 amide bonds. The predicted octanol–water partition coefficient (Wildman–Crippen LogP) is -0.139. The quantitative estimate of drug-likeness (QED) is 0.420. The fourth-order valence-electron chi connectivity index (χ4n) is 0.509. The molecule has 1 aliphatic rings. The van der Waals surface area contributed by atoms with E-state index < -0.39 is 5.78 Å². The van der Waals surface area contributed by atoms with Crippen LogP contribution >= 0.6 is 0 Å². The van der Waals surface area contributed by atoms with E-state index in [0.29, 0.717) is 0 Å². The van der Waals surface area contributed by atoms with Crippen LogP contribution in [0.5, 0.6) is 0 Å². The second kappa shape index (κ2) is 1.85. The fraction of sp³-hybridized carbons (Fsp3) is 0. The van der Waals surface area contributed by atoms with Gasteiger partial charge >= 0.3 is 0 Å². The molecule has 0 spiro atoms. The molecule has 0 saturated carbocycles. The highest BCUT2D eigenvalue weighted by molar-refractivity contribution is 6.16. The van der Waals surface area contributed by atoms with Gasteiger partial charge < -0.3 is 0 Å². The average Bonchev–Trinajstić information content (AvgIpc) is 1.80. The standard InChI is InChI=1S/C6H4NO2/c7-5-3-4(8)1-2-6(5)9/h1-3,7H. The SMILES string of the molecule is [NH]C1=CC(=O)C=CC1=O. The molecule has 0 aromatic rings. The summed E-state index contributed by atoms with van der Waals surface area (Å²) in [4.78, 5) is 20.8. The summed E-state index contributed by atoms with van der Waals surface area (Å²) in [6, 6.07) is 0. The van der Waals surface area contributed by atoms with Crippen molar-refractivity contribution in [2.45, 2.75) is 0 Å². The van der Waals surface area contributed by atoms with E-state index in [2.05, 4.69) is 0 Å². The highest BCUT2D eigenvalue weighted by Gasteiger charge is 2.08. The minimum Gasteiger partial charge on any atom is -0.297 e. The van der Waals surface area contributed by atoms with Gasteiger partial charge in [0, 0.05) is 6.08 Å². The van der Waals surface area contributed by atoms with Gasteiger partial charge in [-0.25, -0.2) is 0 Å². The molecule has 3 heteroatoms. The molecule has 0 saturated heterocycles. The number of hydrogen-bond acceptors (Lipinski definition) is 2. The van der Waals surface area contributed by atoms with Gasteiger partial charge in [-0.2, -0.15) is 0 Å². The Hall–Kier alpha value is -1.38. The van der Waals surface area contributed by atoms with E-state index in [4.69, 9.17) is 5.73 Å². The first-order valence-corrected chi connectivity index (χ1v) is 2.40. The van der Waals surface area contributed by atoms with Crippen molar-refractivity contribution in [3.8, 4) is 0 Å². The Bertz CT molecular complexity index is 225. The summed E-state index contributed by atoms with van der Waals surface area (Å²) in [6.45, 7) is 0. The van der Waals surface area contributed by atoms with E-state index in [0.717, 1.165) is 18.2 Å². The van der Waals surface area contributed by atoms with Gasteiger partial charge in [-0.3, -0.25) is 15.3 Å². The lowest BCUT2D eigenvalue weighted by Crippen LogP contribution is -2.07. The number of rotatable bonds is 0. The second-order valence-corrected chi connectivity index (χ2v) is 1.66. The summed E-state index contributed by atoms with van der Waals surface area (Å²) in [5.41, 5.74) is 6.61. The zero-order chi connectivity index (χ0) is 6.85. The van der Waals surface area contributed by atoms with Crippen LogP contribution in [0, 0.1) is 0 Å². The number of hydrogen-bond donors (Lipinski definition) is 0. The molecular weight excluding hydrogens is 118 g/mol. The minimum absolute atomic E-state index is 0.234. The summed E-state index contributed by atoms with van der Waals surface area (Å²) in [6.07, 6.45) is 3.26. The van der Waals surface area contributed by atoms with Crippen LogP contribution in [-0.4, -0.2) is 11.6 Å². The van der Waals surface area contributed by atoms with Gasteiger partial charge in [0.25, 0.3) is 0 Å².